The molecule has 0 bridgehead atoms. The molecule has 2 rings (SSSR count). The summed E-state index contributed by atoms with van der Waals surface area (Å²) < 4.78 is 1.07. The molecule has 17 heavy (non-hydrogen) atoms. The third-order valence-corrected chi connectivity index (χ3v) is 4.96. The molecule has 0 saturated heterocycles. The zero-order chi connectivity index (χ0) is 12.4. The summed E-state index contributed by atoms with van der Waals surface area (Å²) in [4.78, 5) is 8.00. The molecule has 2 aromatic heterocycles. The third-order valence-electron chi connectivity index (χ3n) is 2.93. The van der Waals surface area contributed by atoms with Crippen molar-refractivity contribution in [1.82, 2.24) is 4.98 Å². The van der Waals surface area contributed by atoms with Crippen LogP contribution in [-0.4, -0.2) is 12.0 Å². The van der Waals surface area contributed by atoms with Crippen molar-refractivity contribution in [2.24, 2.45) is 0 Å². The molecule has 2 aromatic rings. The molecule has 0 aliphatic carbocycles. The number of hydrogen-bond acceptors (Lipinski definition) is 3. The molecule has 1 atom stereocenters. The minimum atomic E-state index is 0.334. The van der Waals surface area contributed by atoms with Crippen molar-refractivity contribution in [3.8, 4) is 0 Å². The second-order valence-corrected chi connectivity index (χ2v) is 5.84. The lowest BCUT2D eigenvalue weighted by Crippen LogP contribution is -2.22. The summed E-state index contributed by atoms with van der Waals surface area (Å²) in [6.07, 6.45) is 1.85. The van der Waals surface area contributed by atoms with Crippen molar-refractivity contribution >= 4 is 33.1 Å². The van der Waals surface area contributed by atoms with Gasteiger partial charge < -0.3 is 4.90 Å². The van der Waals surface area contributed by atoms with Crippen LogP contribution in [0, 0.1) is 6.92 Å². The van der Waals surface area contributed by atoms with Gasteiger partial charge in [-0.2, -0.15) is 0 Å². The van der Waals surface area contributed by atoms with E-state index in [1.165, 1.54) is 10.4 Å². The van der Waals surface area contributed by atoms with E-state index >= 15 is 0 Å². The Bertz CT molecular complexity index is 496. The first kappa shape index (κ1) is 12.6. The molecule has 0 N–H and O–H groups in total. The summed E-state index contributed by atoms with van der Waals surface area (Å²) in [6, 6.07) is 6.59. The monoisotopic (exact) mass is 310 g/mol. The number of hydrogen-bond donors (Lipinski definition) is 0. The average molecular weight is 311 g/mol. The Labute approximate surface area is 114 Å². The van der Waals surface area contributed by atoms with Crippen molar-refractivity contribution in [2.75, 3.05) is 11.9 Å². The van der Waals surface area contributed by atoms with Crippen LogP contribution >= 0.6 is 27.3 Å². The first-order valence-electron chi connectivity index (χ1n) is 5.48. The van der Waals surface area contributed by atoms with E-state index in [4.69, 9.17) is 0 Å². The standard InChI is InChI=1S/C13H15BrN2S/c1-9-6-7-15-13(12(9)14)16(3)10(2)11-5-4-8-17-11/h4-8,10H,1-3H3. The van der Waals surface area contributed by atoms with Crippen LogP contribution in [0.4, 0.5) is 5.82 Å². The number of halogens is 1. The highest BCUT2D eigenvalue weighted by Gasteiger charge is 2.17. The number of anilines is 1. The molecular weight excluding hydrogens is 296 g/mol. The van der Waals surface area contributed by atoms with Gasteiger partial charge in [0.25, 0.3) is 0 Å². The van der Waals surface area contributed by atoms with Crippen LogP contribution in [0.5, 0.6) is 0 Å². The van der Waals surface area contributed by atoms with Gasteiger partial charge in [-0.25, -0.2) is 4.98 Å². The van der Waals surface area contributed by atoms with E-state index in [0.717, 1.165) is 10.3 Å². The smallest absolute Gasteiger partial charge is 0.143 e. The van der Waals surface area contributed by atoms with Crippen LogP contribution in [0.25, 0.3) is 0 Å². The van der Waals surface area contributed by atoms with E-state index in [1.54, 1.807) is 11.3 Å². The highest BCUT2D eigenvalue weighted by molar-refractivity contribution is 9.10. The lowest BCUT2D eigenvalue weighted by Gasteiger charge is -2.26. The number of pyridine rings is 1. The quantitative estimate of drug-likeness (QED) is 0.834. The van der Waals surface area contributed by atoms with Crippen LogP contribution in [0.15, 0.2) is 34.2 Å². The van der Waals surface area contributed by atoms with Crippen molar-refractivity contribution < 1.29 is 0 Å². The Kier molecular flexibility index (Phi) is 3.84. The second kappa shape index (κ2) is 5.19. The largest absolute Gasteiger partial charge is 0.351 e. The third kappa shape index (κ3) is 2.53. The van der Waals surface area contributed by atoms with Gasteiger partial charge in [-0.05, 0) is 52.9 Å². The van der Waals surface area contributed by atoms with Crippen molar-refractivity contribution in [2.45, 2.75) is 19.9 Å². The van der Waals surface area contributed by atoms with Crippen molar-refractivity contribution in [3.63, 3.8) is 0 Å². The number of rotatable bonds is 3. The number of nitrogens with zero attached hydrogens (tertiary/aromatic N) is 2. The minimum absolute atomic E-state index is 0.334. The fraction of sp³-hybridized carbons (Fsp3) is 0.308. The van der Waals surface area contributed by atoms with Crippen molar-refractivity contribution in [1.29, 1.82) is 0 Å². The topological polar surface area (TPSA) is 16.1 Å². The summed E-state index contributed by atoms with van der Waals surface area (Å²) in [7, 11) is 2.08. The fourth-order valence-corrected chi connectivity index (χ4v) is 3.02. The predicted molar refractivity (Wildman–Crippen MR) is 77.8 cm³/mol. The van der Waals surface area contributed by atoms with Gasteiger partial charge >= 0.3 is 0 Å². The SMILES string of the molecule is Cc1ccnc(N(C)C(C)c2cccs2)c1Br. The van der Waals surface area contributed by atoms with Gasteiger partial charge in [-0.1, -0.05) is 6.07 Å². The van der Waals surface area contributed by atoms with Crippen LogP contribution < -0.4 is 4.90 Å². The van der Waals surface area contributed by atoms with Gasteiger partial charge in [-0.15, -0.1) is 11.3 Å². The average Bonchev–Trinajstić information content (AvgIpc) is 2.84. The Balaban J connectivity index is 2.31. The molecule has 1 unspecified atom stereocenters. The highest BCUT2D eigenvalue weighted by atomic mass is 79.9. The van der Waals surface area contributed by atoms with E-state index in [0.29, 0.717) is 6.04 Å². The Morgan fingerprint density at radius 2 is 2.18 bits per heavy atom. The molecule has 0 aliphatic rings. The maximum Gasteiger partial charge on any atom is 0.143 e. The van der Waals surface area contributed by atoms with Crippen LogP contribution in [0.1, 0.15) is 23.4 Å². The molecule has 0 aromatic carbocycles. The summed E-state index contributed by atoms with van der Waals surface area (Å²) >= 11 is 5.39. The lowest BCUT2D eigenvalue weighted by molar-refractivity contribution is 0.739. The molecule has 0 fully saturated rings. The zero-order valence-corrected chi connectivity index (χ0v) is 12.5. The molecule has 0 saturated carbocycles. The molecule has 4 heteroatoms. The van der Waals surface area contributed by atoms with Crippen LogP contribution in [-0.2, 0) is 0 Å². The van der Waals surface area contributed by atoms with Gasteiger partial charge in [0.15, 0.2) is 0 Å². The molecule has 0 amide bonds. The summed E-state index contributed by atoms with van der Waals surface area (Å²) in [5.74, 6) is 0.992. The number of aromatic nitrogens is 1. The molecule has 90 valence electrons. The Hall–Kier alpha value is -0.870. The molecule has 0 radical (unpaired) electrons. The molecule has 0 aliphatic heterocycles. The van der Waals surface area contributed by atoms with Gasteiger partial charge in [0.1, 0.15) is 5.82 Å². The van der Waals surface area contributed by atoms with Gasteiger partial charge in [-0.3, -0.25) is 0 Å². The fourth-order valence-electron chi connectivity index (χ4n) is 1.68. The maximum atomic E-state index is 4.45. The van der Waals surface area contributed by atoms with E-state index in [-0.39, 0.29) is 0 Å². The van der Waals surface area contributed by atoms with Crippen LogP contribution in [0.2, 0.25) is 0 Å². The molecular formula is C13H15BrN2S. The van der Waals surface area contributed by atoms with E-state index in [1.807, 2.05) is 12.3 Å². The maximum absolute atomic E-state index is 4.45. The summed E-state index contributed by atoms with van der Waals surface area (Å²) in [6.45, 7) is 4.28. The van der Waals surface area contributed by atoms with Crippen LogP contribution in [0.3, 0.4) is 0 Å². The predicted octanol–water partition coefficient (Wildman–Crippen LogP) is 4.41. The highest BCUT2D eigenvalue weighted by Crippen LogP contribution is 2.32. The van der Waals surface area contributed by atoms with E-state index in [2.05, 4.69) is 64.2 Å². The first-order chi connectivity index (χ1) is 8.11. The lowest BCUT2D eigenvalue weighted by atomic mass is 10.2. The first-order valence-corrected chi connectivity index (χ1v) is 7.16. The summed E-state index contributed by atoms with van der Waals surface area (Å²) in [5.41, 5.74) is 1.21. The summed E-state index contributed by atoms with van der Waals surface area (Å²) in [5, 5.41) is 2.11. The Morgan fingerprint density at radius 3 is 2.82 bits per heavy atom. The molecule has 2 nitrogen and oxygen atoms in total. The number of thiophene rings is 1. The normalized spacial score (nSPS) is 12.5. The second-order valence-electron chi connectivity index (χ2n) is 4.07. The minimum Gasteiger partial charge on any atom is -0.351 e. The Morgan fingerprint density at radius 1 is 1.41 bits per heavy atom. The van der Waals surface area contributed by atoms with E-state index < -0.39 is 0 Å². The number of aryl methyl sites for hydroxylation is 1. The van der Waals surface area contributed by atoms with Gasteiger partial charge in [0.2, 0.25) is 0 Å². The molecule has 0 spiro atoms. The zero-order valence-electron chi connectivity index (χ0n) is 10.1. The van der Waals surface area contributed by atoms with Gasteiger partial charge in [0.05, 0.1) is 10.5 Å². The van der Waals surface area contributed by atoms with E-state index in [9.17, 15) is 0 Å². The van der Waals surface area contributed by atoms with Crippen molar-refractivity contribution in [3.05, 3.63) is 44.7 Å². The molecule has 2 heterocycles. The van der Waals surface area contributed by atoms with Gasteiger partial charge in [0, 0.05) is 18.1 Å².